The molecule has 0 aliphatic heterocycles. The highest BCUT2D eigenvalue weighted by Crippen LogP contribution is 2.21. The van der Waals surface area contributed by atoms with Crippen molar-refractivity contribution in [3.63, 3.8) is 0 Å². The number of aliphatic hydroxyl groups is 3. The molecule has 0 aromatic carbocycles. The lowest BCUT2D eigenvalue weighted by atomic mass is 9.85. The molecule has 0 aromatic rings. The maximum atomic E-state index is 8.88. The third kappa shape index (κ3) is 7.10. The van der Waals surface area contributed by atoms with Crippen LogP contribution >= 0.6 is 8.60 Å². The van der Waals surface area contributed by atoms with Crippen molar-refractivity contribution >= 4 is 8.60 Å². The first-order valence-corrected chi connectivity index (χ1v) is 5.32. The molecule has 0 amide bonds. The van der Waals surface area contributed by atoms with E-state index in [4.69, 9.17) is 34.7 Å². The predicted molar refractivity (Wildman–Crippen MR) is 53.7 cm³/mol. The summed E-state index contributed by atoms with van der Waals surface area (Å²) in [7, 11) is -1.15. The summed E-state index contributed by atoms with van der Waals surface area (Å²) < 4.78 is 4.91. The largest absolute Gasteiger partial charge is 0.396 e. The van der Waals surface area contributed by atoms with Crippen LogP contribution in [0.25, 0.3) is 0 Å². The van der Waals surface area contributed by atoms with Gasteiger partial charge in [-0.25, -0.2) is 0 Å². The van der Waals surface area contributed by atoms with Crippen LogP contribution in [0, 0.1) is 5.41 Å². The first-order chi connectivity index (χ1) is 6.90. The van der Waals surface area contributed by atoms with Crippen LogP contribution in [0.2, 0.25) is 0 Å². The molecular formula is C7H19O7P. The fourth-order valence-electron chi connectivity index (χ4n) is 0.786. The Bertz CT molecular complexity index is 128. The van der Waals surface area contributed by atoms with E-state index in [2.05, 4.69) is 0 Å². The van der Waals surface area contributed by atoms with Gasteiger partial charge in [-0.15, -0.1) is 0 Å². The van der Waals surface area contributed by atoms with E-state index in [9.17, 15) is 0 Å². The molecule has 0 radical (unpaired) electrons. The number of rotatable bonds is 5. The summed E-state index contributed by atoms with van der Waals surface area (Å²) in [6.45, 7) is 0.849. The summed E-state index contributed by atoms with van der Waals surface area (Å²) in [5.41, 5.74) is -0.922. The summed E-state index contributed by atoms with van der Waals surface area (Å²) in [5, 5.41) is 26.6. The van der Waals surface area contributed by atoms with Crippen LogP contribution in [0.4, 0.5) is 0 Å². The van der Waals surface area contributed by atoms with E-state index in [-0.39, 0.29) is 25.9 Å². The van der Waals surface area contributed by atoms with Gasteiger partial charge in [-0.3, -0.25) is 0 Å². The van der Waals surface area contributed by atoms with Crippen molar-refractivity contribution in [2.45, 2.75) is 13.0 Å². The molecule has 94 valence electrons. The monoisotopic (exact) mass is 246 g/mol. The topological polar surface area (TPSA) is 131 Å². The van der Waals surface area contributed by atoms with Crippen molar-refractivity contribution < 1.29 is 34.7 Å². The Labute approximate surface area is 89.6 Å². The fourth-order valence-corrected chi connectivity index (χ4v) is 0.786. The van der Waals surface area contributed by atoms with E-state index >= 15 is 0 Å². The molecule has 0 aliphatic rings. The van der Waals surface area contributed by atoms with E-state index < -0.39 is 14.0 Å². The first-order valence-electron chi connectivity index (χ1n) is 4.12. The fraction of sp³-hybridized carbons (Fsp3) is 1.00. The third-order valence-electron chi connectivity index (χ3n) is 2.16. The van der Waals surface area contributed by atoms with Crippen molar-refractivity contribution in [2.24, 2.45) is 5.41 Å². The maximum Gasteiger partial charge on any atom is 0.324 e. The Kier molecular flexibility index (Phi) is 11.0. The molecule has 0 aromatic heterocycles. The van der Waals surface area contributed by atoms with E-state index in [0.717, 1.165) is 0 Å². The number of hydrogen-bond acceptors (Lipinski definition) is 7. The van der Waals surface area contributed by atoms with E-state index in [1.807, 2.05) is 0 Å². The number of ether oxygens (including phenoxy) is 1. The van der Waals surface area contributed by atoms with Gasteiger partial charge in [-0.05, 0) is 6.92 Å². The highest BCUT2D eigenvalue weighted by atomic mass is 31.2. The van der Waals surface area contributed by atoms with Gasteiger partial charge in [0.25, 0.3) is 0 Å². The van der Waals surface area contributed by atoms with Crippen LogP contribution in [0.5, 0.6) is 0 Å². The molecule has 7 nitrogen and oxygen atoms in total. The average Bonchev–Trinajstić information content (AvgIpc) is 2.20. The molecule has 1 unspecified atom stereocenters. The van der Waals surface area contributed by atoms with Crippen molar-refractivity contribution in [3.8, 4) is 0 Å². The summed E-state index contributed by atoms with van der Waals surface area (Å²) in [5.74, 6) is 0. The van der Waals surface area contributed by atoms with Gasteiger partial charge < -0.3 is 34.7 Å². The zero-order valence-corrected chi connectivity index (χ0v) is 9.63. The average molecular weight is 246 g/mol. The SMILES string of the molecule is COC(C)C(CO)(CO)CO.OP(O)O. The standard InChI is InChI=1S/C7H16O4.H3O3P/c1-6(11-2)7(3-8,4-9)5-10;1-4(2)3/h6,8-10H,3-5H2,1-2H3;1-3H. The van der Waals surface area contributed by atoms with Gasteiger partial charge in [0.05, 0.1) is 31.3 Å². The second-order valence-electron chi connectivity index (χ2n) is 2.98. The molecule has 0 spiro atoms. The molecular weight excluding hydrogens is 227 g/mol. The first kappa shape index (κ1) is 17.5. The molecule has 0 rings (SSSR count). The molecule has 0 aliphatic carbocycles. The Morgan fingerprint density at radius 2 is 1.33 bits per heavy atom. The highest BCUT2D eigenvalue weighted by Gasteiger charge is 2.34. The molecule has 8 heteroatoms. The minimum absolute atomic E-state index is 0.283. The highest BCUT2D eigenvalue weighted by molar-refractivity contribution is 7.38. The lowest BCUT2D eigenvalue weighted by Crippen LogP contribution is -2.44. The van der Waals surface area contributed by atoms with Gasteiger partial charge in [-0.2, -0.15) is 0 Å². The van der Waals surface area contributed by atoms with Gasteiger partial charge in [0, 0.05) is 7.11 Å². The van der Waals surface area contributed by atoms with Gasteiger partial charge in [0.15, 0.2) is 0 Å². The quantitative estimate of drug-likeness (QED) is 0.315. The molecule has 0 fully saturated rings. The smallest absolute Gasteiger partial charge is 0.324 e. The molecule has 0 bridgehead atoms. The van der Waals surface area contributed by atoms with E-state index in [0.29, 0.717) is 0 Å². The van der Waals surface area contributed by atoms with Gasteiger partial charge in [-0.1, -0.05) is 0 Å². The summed E-state index contributed by atoms with van der Waals surface area (Å²) >= 11 is 0. The zero-order valence-electron chi connectivity index (χ0n) is 8.74. The van der Waals surface area contributed by atoms with Crippen LogP contribution in [0.3, 0.4) is 0 Å². The number of aliphatic hydroxyl groups excluding tert-OH is 3. The van der Waals surface area contributed by atoms with Crippen LogP contribution < -0.4 is 0 Å². The Morgan fingerprint density at radius 3 is 1.40 bits per heavy atom. The normalized spacial score (nSPS) is 13.4. The molecule has 15 heavy (non-hydrogen) atoms. The Balaban J connectivity index is 0. The summed E-state index contributed by atoms with van der Waals surface area (Å²) in [6.07, 6.45) is -0.359. The van der Waals surface area contributed by atoms with Crippen LogP contribution in [0.15, 0.2) is 0 Å². The summed E-state index contributed by atoms with van der Waals surface area (Å²) in [6, 6.07) is 0. The maximum absolute atomic E-state index is 8.88. The van der Waals surface area contributed by atoms with Gasteiger partial charge in [0.1, 0.15) is 0 Å². The minimum atomic E-state index is -2.62. The lowest BCUT2D eigenvalue weighted by Gasteiger charge is -2.32. The second kappa shape index (κ2) is 9.38. The Hall–Kier alpha value is 0.150. The second-order valence-corrected chi connectivity index (χ2v) is 3.52. The zero-order chi connectivity index (χ0) is 12.5. The van der Waals surface area contributed by atoms with Crippen LogP contribution in [0.1, 0.15) is 6.92 Å². The minimum Gasteiger partial charge on any atom is -0.396 e. The Morgan fingerprint density at radius 1 is 1.07 bits per heavy atom. The molecule has 6 N–H and O–H groups in total. The van der Waals surface area contributed by atoms with E-state index in [1.165, 1.54) is 7.11 Å². The summed E-state index contributed by atoms with van der Waals surface area (Å²) in [4.78, 5) is 21.7. The van der Waals surface area contributed by atoms with Crippen molar-refractivity contribution in [1.29, 1.82) is 0 Å². The van der Waals surface area contributed by atoms with Gasteiger partial charge >= 0.3 is 8.60 Å². The lowest BCUT2D eigenvalue weighted by molar-refractivity contribution is -0.0910. The molecule has 1 atom stereocenters. The van der Waals surface area contributed by atoms with Gasteiger partial charge in [0.2, 0.25) is 0 Å². The van der Waals surface area contributed by atoms with Crippen molar-refractivity contribution in [1.82, 2.24) is 0 Å². The van der Waals surface area contributed by atoms with Crippen molar-refractivity contribution in [3.05, 3.63) is 0 Å². The van der Waals surface area contributed by atoms with Crippen LogP contribution in [-0.2, 0) is 4.74 Å². The van der Waals surface area contributed by atoms with Crippen LogP contribution in [-0.4, -0.2) is 63.0 Å². The number of hydrogen-bond donors (Lipinski definition) is 6. The molecule has 0 saturated heterocycles. The third-order valence-corrected chi connectivity index (χ3v) is 2.16. The van der Waals surface area contributed by atoms with E-state index in [1.54, 1.807) is 6.92 Å². The molecule has 0 heterocycles. The molecule has 0 saturated carbocycles. The van der Waals surface area contributed by atoms with Crippen molar-refractivity contribution in [2.75, 3.05) is 26.9 Å². The number of methoxy groups -OCH3 is 1. The predicted octanol–water partition coefficient (Wildman–Crippen LogP) is -1.83.